The molecule has 0 bridgehead atoms. The SMILES string of the molecule is C=C\C=C/C(=C\C=C)/C=C(\CC)C1CC1. The van der Waals surface area contributed by atoms with Crippen LogP contribution in [-0.2, 0) is 0 Å². The molecule has 0 unspecified atom stereocenters. The van der Waals surface area contributed by atoms with Crippen LogP contribution in [0.25, 0.3) is 0 Å². The Morgan fingerprint density at radius 2 is 2.00 bits per heavy atom. The molecule has 1 aliphatic rings. The van der Waals surface area contributed by atoms with E-state index in [1.54, 1.807) is 11.6 Å². The highest BCUT2D eigenvalue weighted by molar-refractivity contribution is 5.38. The van der Waals surface area contributed by atoms with E-state index in [9.17, 15) is 0 Å². The Bertz CT molecular complexity index is 309. The maximum atomic E-state index is 3.74. The van der Waals surface area contributed by atoms with Crippen LogP contribution in [0.3, 0.4) is 0 Å². The third-order valence-corrected chi connectivity index (χ3v) is 2.60. The first-order chi connectivity index (χ1) is 7.31. The van der Waals surface area contributed by atoms with E-state index in [1.807, 2.05) is 18.2 Å². The number of hydrogen-bond donors (Lipinski definition) is 0. The second kappa shape index (κ2) is 6.23. The molecule has 0 aromatic heterocycles. The summed E-state index contributed by atoms with van der Waals surface area (Å²) in [5.41, 5.74) is 2.78. The molecule has 0 aromatic carbocycles. The lowest BCUT2D eigenvalue weighted by Crippen LogP contribution is -1.84. The Balaban J connectivity index is 2.78. The molecular weight excluding hydrogens is 180 g/mol. The highest BCUT2D eigenvalue weighted by atomic mass is 14.3. The van der Waals surface area contributed by atoms with E-state index in [2.05, 4.69) is 32.2 Å². The molecule has 1 fully saturated rings. The van der Waals surface area contributed by atoms with E-state index < -0.39 is 0 Å². The molecule has 80 valence electrons. The molecule has 0 N–H and O–H groups in total. The van der Waals surface area contributed by atoms with Gasteiger partial charge < -0.3 is 0 Å². The molecule has 0 spiro atoms. The van der Waals surface area contributed by atoms with Gasteiger partial charge in [-0.25, -0.2) is 0 Å². The Kier molecular flexibility index (Phi) is 4.89. The molecule has 0 nitrogen and oxygen atoms in total. The van der Waals surface area contributed by atoms with Crippen molar-refractivity contribution in [1.82, 2.24) is 0 Å². The second-order valence-corrected chi connectivity index (χ2v) is 3.84. The molecule has 0 aliphatic heterocycles. The van der Waals surface area contributed by atoms with Gasteiger partial charge in [-0.3, -0.25) is 0 Å². The highest BCUT2D eigenvalue weighted by Gasteiger charge is 2.24. The second-order valence-electron chi connectivity index (χ2n) is 3.84. The van der Waals surface area contributed by atoms with Gasteiger partial charge in [0.05, 0.1) is 0 Å². The summed E-state index contributed by atoms with van der Waals surface area (Å²) in [5, 5.41) is 0. The summed E-state index contributed by atoms with van der Waals surface area (Å²) in [5.74, 6) is 0.848. The molecule has 1 saturated carbocycles. The zero-order valence-electron chi connectivity index (χ0n) is 9.58. The molecule has 0 heteroatoms. The lowest BCUT2D eigenvalue weighted by atomic mass is 10.0. The minimum Gasteiger partial charge on any atom is -0.0991 e. The molecule has 0 aromatic rings. The largest absolute Gasteiger partial charge is 0.0991 e. The molecule has 0 amide bonds. The van der Waals surface area contributed by atoms with E-state index in [-0.39, 0.29) is 0 Å². The Labute approximate surface area is 93.4 Å². The third kappa shape index (κ3) is 4.16. The van der Waals surface area contributed by atoms with Crippen LogP contribution in [-0.4, -0.2) is 0 Å². The standard InChI is InChI=1S/C15H20/c1-4-7-9-13(8-5-2)12-14(6-3)15-10-11-15/h4-5,7-9,12,15H,1-2,6,10-11H2,3H3/b9-7-,13-8+,14-12+. The van der Waals surface area contributed by atoms with Crippen LogP contribution in [0.5, 0.6) is 0 Å². The molecule has 0 atom stereocenters. The third-order valence-electron chi connectivity index (χ3n) is 2.60. The molecule has 0 heterocycles. The molecule has 1 rings (SSSR count). The molecular formula is C15H20. The first kappa shape index (κ1) is 11.8. The van der Waals surface area contributed by atoms with Crippen molar-refractivity contribution in [2.45, 2.75) is 26.2 Å². The monoisotopic (exact) mass is 200 g/mol. The first-order valence-electron chi connectivity index (χ1n) is 5.64. The van der Waals surface area contributed by atoms with Crippen LogP contribution >= 0.6 is 0 Å². The lowest BCUT2D eigenvalue weighted by molar-refractivity contribution is 0.910. The zero-order valence-corrected chi connectivity index (χ0v) is 9.58. The summed E-state index contributed by atoms with van der Waals surface area (Å²) in [6.07, 6.45) is 15.9. The van der Waals surface area contributed by atoms with Crippen LogP contribution in [0.2, 0.25) is 0 Å². The smallest absolute Gasteiger partial charge is 0.0200 e. The maximum absolute atomic E-state index is 3.74. The van der Waals surface area contributed by atoms with Crippen molar-refractivity contribution >= 4 is 0 Å². The van der Waals surface area contributed by atoms with Crippen molar-refractivity contribution in [3.8, 4) is 0 Å². The Hall–Kier alpha value is -1.30. The fourth-order valence-corrected chi connectivity index (χ4v) is 1.64. The molecule has 15 heavy (non-hydrogen) atoms. The van der Waals surface area contributed by atoms with E-state index in [1.165, 1.54) is 18.4 Å². The zero-order chi connectivity index (χ0) is 11.1. The minimum atomic E-state index is 0.848. The summed E-state index contributed by atoms with van der Waals surface area (Å²) in [6.45, 7) is 9.64. The van der Waals surface area contributed by atoms with Gasteiger partial charge in [-0.15, -0.1) is 0 Å². The van der Waals surface area contributed by atoms with Crippen molar-refractivity contribution in [3.63, 3.8) is 0 Å². The van der Waals surface area contributed by atoms with Crippen molar-refractivity contribution in [2.75, 3.05) is 0 Å². The summed E-state index contributed by atoms with van der Waals surface area (Å²) in [7, 11) is 0. The van der Waals surface area contributed by atoms with E-state index in [0.717, 1.165) is 12.3 Å². The number of hydrogen-bond acceptors (Lipinski definition) is 0. The van der Waals surface area contributed by atoms with Crippen molar-refractivity contribution in [2.24, 2.45) is 5.92 Å². The Morgan fingerprint density at radius 3 is 2.47 bits per heavy atom. The first-order valence-corrected chi connectivity index (χ1v) is 5.64. The van der Waals surface area contributed by atoms with Gasteiger partial charge in [0.15, 0.2) is 0 Å². The van der Waals surface area contributed by atoms with Crippen LogP contribution in [0, 0.1) is 5.92 Å². The van der Waals surface area contributed by atoms with Gasteiger partial charge in [0.2, 0.25) is 0 Å². The van der Waals surface area contributed by atoms with Gasteiger partial charge in [0, 0.05) is 0 Å². The summed E-state index contributed by atoms with van der Waals surface area (Å²) in [6, 6.07) is 0. The Morgan fingerprint density at radius 1 is 1.27 bits per heavy atom. The molecule has 1 aliphatic carbocycles. The number of rotatable bonds is 6. The molecule has 0 saturated heterocycles. The number of allylic oxidation sites excluding steroid dienone is 8. The van der Waals surface area contributed by atoms with Crippen LogP contribution in [0.4, 0.5) is 0 Å². The maximum Gasteiger partial charge on any atom is -0.0200 e. The van der Waals surface area contributed by atoms with Gasteiger partial charge >= 0.3 is 0 Å². The van der Waals surface area contributed by atoms with E-state index in [4.69, 9.17) is 0 Å². The van der Waals surface area contributed by atoms with Crippen LogP contribution < -0.4 is 0 Å². The van der Waals surface area contributed by atoms with Gasteiger partial charge in [-0.2, -0.15) is 0 Å². The average Bonchev–Trinajstić information content (AvgIpc) is 3.06. The lowest BCUT2D eigenvalue weighted by Gasteiger charge is -2.02. The summed E-state index contributed by atoms with van der Waals surface area (Å²) < 4.78 is 0. The van der Waals surface area contributed by atoms with Crippen molar-refractivity contribution in [1.29, 1.82) is 0 Å². The van der Waals surface area contributed by atoms with Crippen molar-refractivity contribution < 1.29 is 0 Å². The topological polar surface area (TPSA) is 0 Å². The molecule has 0 radical (unpaired) electrons. The summed E-state index contributed by atoms with van der Waals surface area (Å²) >= 11 is 0. The van der Waals surface area contributed by atoms with Crippen LogP contribution in [0.1, 0.15) is 26.2 Å². The normalized spacial score (nSPS) is 18.2. The highest BCUT2D eigenvalue weighted by Crippen LogP contribution is 2.38. The van der Waals surface area contributed by atoms with Crippen molar-refractivity contribution in [3.05, 3.63) is 60.8 Å². The van der Waals surface area contributed by atoms with Gasteiger partial charge in [0.25, 0.3) is 0 Å². The van der Waals surface area contributed by atoms with Crippen LogP contribution in [0.15, 0.2) is 60.8 Å². The minimum absolute atomic E-state index is 0.848. The quantitative estimate of drug-likeness (QED) is 0.550. The van der Waals surface area contributed by atoms with E-state index in [0.29, 0.717) is 0 Å². The predicted molar refractivity (Wildman–Crippen MR) is 68.7 cm³/mol. The van der Waals surface area contributed by atoms with E-state index >= 15 is 0 Å². The van der Waals surface area contributed by atoms with Gasteiger partial charge in [-0.1, -0.05) is 62.1 Å². The average molecular weight is 200 g/mol. The summed E-state index contributed by atoms with van der Waals surface area (Å²) in [4.78, 5) is 0. The predicted octanol–water partition coefficient (Wildman–Crippen LogP) is 4.59. The fraction of sp³-hybridized carbons (Fsp3) is 0.333. The fourth-order valence-electron chi connectivity index (χ4n) is 1.64. The van der Waals surface area contributed by atoms with Gasteiger partial charge in [-0.05, 0) is 30.8 Å². The van der Waals surface area contributed by atoms with Gasteiger partial charge in [0.1, 0.15) is 0 Å².